The van der Waals surface area contributed by atoms with Crippen LogP contribution < -0.4 is 5.09 Å². The van der Waals surface area contributed by atoms with Crippen LogP contribution in [0.3, 0.4) is 0 Å². The molecule has 1 aliphatic rings. The summed E-state index contributed by atoms with van der Waals surface area (Å²) in [6.45, 7) is 3.07. The van der Waals surface area contributed by atoms with Gasteiger partial charge >= 0.3 is 7.75 Å². The molecule has 0 unspecified atom stereocenters. The zero-order valence-electron chi connectivity index (χ0n) is 11.9. The van der Waals surface area contributed by atoms with Gasteiger partial charge in [0.05, 0.1) is 19.3 Å². The summed E-state index contributed by atoms with van der Waals surface area (Å²) in [6, 6.07) is -1.09. The maximum Gasteiger partial charge on any atom is 0.405 e. The SMILES string of the molecule is C=CCO[C@@H]1O[C@H](CO)[C@@H](O)[C@H](O)[C@H]1NP(=O)(OC)OC. The minimum atomic E-state index is -3.68. The van der Waals surface area contributed by atoms with Gasteiger partial charge in [0.25, 0.3) is 0 Å². The number of nitrogens with one attached hydrogen (secondary N) is 1. The van der Waals surface area contributed by atoms with E-state index in [0.29, 0.717) is 0 Å². The van der Waals surface area contributed by atoms with Gasteiger partial charge in [-0.05, 0) is 0 Å². The van der Waals surface area contributed by atoms with E-state index in [0.717, 1.165) is 0 Å². The summed E-state index contributed by atoms with van der Waals surface area (Å²) >= 11 is 0. The van der Waals surface area contributed by atoms with Gasteiger partial charge < -0.3 is 33.8 Å². The van der Waals surface area contributed by atoms with Crippen LogP contribution >= 0.6 is 7.75 Å². The average molecular weight is 327 g/mol. The van der Waals surface area contributed by atoms with Crippen molar-refractivity contribution in [3.63, 3.8) is 0 Å². The monoisotopic (exact) mass is 327 g/mol. The second kappa shape index (κ2) is 8.33. The first kappa shape index (κ1) is 18.7. The molecule has 10 heteroatoms. The van der Waals surface area contributed by atoms with Crippen molar-refractivity contribution < 1.29 is 38.4 Å². The molecule has 21 heavy (non-hydrogen) atoms. The zero-order valence-corrected chi connectivity index (χ0v) is 12.8. The van der Waals surface area contributed by atoms with Gasteiger partial charge in [0.2, 0.25) is 0 Å². The van der Waals surface area contributed by atoms with Crippen molar-refractivity contribution in [2.24, 2.45) is 0 Å². The van der Waals surface area contributed by atoms with E-state index in [1.54, 1.807) is 0 Å². The molecular formula is C11H22NO8P. The van der Waals surface area contributed by atoms with Crippen LogP contribution in [-0.2, 0) is 23.1 Å². The van der Waals surface area contributed by atoms with Crippen LogP contribution in [-0.4, -0.2) is 73.4 Å². The Morgan fingerprint density at radius 3 is 2.43 bits per heavy atom. The molecule has 0 aliphatic carbocycles. The Balaban J connectivity index is 2.92. The molecule has 0 saturated carbocycles. The van der Waals surface area contributed by atoms with E-state index in [2.05, 4.69) is 11.7 Å². The topological polar surface area (TPSA) is 127 Å². The normalized spacial score (nSPS) is 33.9. The van der Waals surface area contributed by atoms with Crippen LogP contribution in [0.1, 0.15) is 0 Å². The van der Waals surface area contributed by atoms with Gasteiger partial charge in [-0.1, -0.05) is 6.08 Å². The third kappa shape index (κ3) is 4.56. The van der Waals surface area contributed by atoms with Gasteiger partial charge in [0, 0.05) is 14.2 Å². The quantitative estimate of drug-likeness (QED) is 0.327. The van der Waals surface area contributed by atoms with Crippen molar-refractivity contribution in [3.05, 3.63) is 12.7 Å². The van der Waals surface area contributed by atoms with Gasteiger partial charge in [0.15, 0.2) is 6.29 Å². The third-order valence-corrected chi connectivity index (χ3v) is 4.62. The summed E-state index contributed by atoms with van der Waals surface area (Å²) in [5.41, 5.74) is 0. The molecule has 124 valence electrons. The largest absolute Gasteiger partial charge is 0.405 e. The van der Waals surface area contributed by atoms with Gasteiger partial charge in [0.1, 0.15) is 18.3 Å². The molecule has 4 N–H and O–H groups in total. The molecule has 0 aromatic heterocycles. The summed E-state index contributed by atoms with van der Waals surface area (Å²) in [7, 11) is -1.35. The third-order valence-electron chi connectivity index (χ3n) is 3.05. The van der Waals surface area contributed by atoms with Crippen molar-refractivity contribution in [1.82, 2.24) is 5.09 Å². The Hall–Kier alpha value is -0.350. The fraction of sp³-hybridized carbons (Fsp3) is 0.818. The summed E-state index contributed by atoms with van der Waals surface area (Å²) in [5.74, 6) is 0. The van der Waals surface area contributed by atoms with E-state index in [-0.39, 0.29) is 6.61 Å². The lowest BCUT2D eigenvalue weighted by atomic mass is 9.98. The van der Waals surface area contributed by atoms with E-state index in [4.69, 9.17) is 23.6 Å². The maximum absolute atomic E-state index is 12.1. The van der Waals surface area contributed by atoms with Crippen molar-refractivity contribution in [2.45, 2.75) is 30.6 Å². The minimum absolute atomic E-state index is 0.0913. The molecule has 9 nitrogen and oxygen atoms in total. The van der Waals surface area contributed by atoms with Crippen LogP contribution in [0, 0.1) is 0 Å². The summed E-state index contributed by atoms with van der Waals surface area (Å²) in [5, 5.41) is 31.6. The molecule has 0 spiro atoms. The molecule has 1 saturated heterocycles. The Bertz CT molecular complexity index is 373. The van der Waals surface area contributed by atoms with Crippen LogP contribution in [0.4, 0.5) is 0 Å². The van der Waals surface area contributed by atoms with Crippen LogP contribution in [0.5, 0.6) is 0 Å². The molecule has 0 aromatic carbocycles. The molecule has 1 rings (SSSR count). The Labute approximate surface area is 123 Å². The minimum Gasteiger partial charge on any atom is -0.394 e. The van der Waals surface area contributed by atoms with E-state index >= 15 is 0 Å². The van der Waals surface area contributed by atoms with Crippen molar-refractivity contribution in [1.29, 1.82) is 0 Å². The number of aliphatic hydroxyl groups excluding tert-OH is 3. The summed E-state index contributed by atoms with van der Waals surface area (Å²) < 4.78 is 32.2. The number of rotatable bonds is 8. The van der Waals surface area contributed by atoms with Gasteiger partial charge in [-0.3, -0.25) is 0 Å². The van der Waals surface area contributed by atoms with Crippen LogP contribution in [0.25, 0.3) is 0 Å². The number of ether oxygens (including phenoxy) is 2. The van der Waals surface area contributed by atoms with Gasteiger partial charge in [-0.2, -0.15) is 0 Å². The summed E-state index contributed by atoms with van der Waals surface area (Å²) in [6.07, 6.45) is -3.46. The Morgan fingerprint density at radius 2 is 1.95 bits per heavy atom. The highest BCUT2D eigenvalue weighted by atomic mass is 31.2. The lowest BCUT2D eigenvalue weighted by Crippen LogP contribution is -2.63. The zero-order chi connectivity index (χ0) is 16.0. The first-order valence-electron chi connectivity index (χ1n) is 6.26. The van der Waals surface area contributed by atoms with E-state index < -0.39 is 45.0 Å². The Kier molecular flexibility index (Phi) is 7.41. The second-order valence-electron chi connectivity index (χ2n) is 4.35. The standard InChI is InChI=1S/C11H22NO8P/c1-4-5-19-11-8(12-21(16,17-2)18-3)10(15)9(14)7(6-13)20-11/h4,7-11,13-15H,1,5-6H2,2-3H3,(H,12,16)/t7-,8-,9-,10-,11-/m1/s1. The first-order chi connectivity index (χ1) is 9.92. The molecular weight excluding hydrogens is 305 g/mol. The molecule has 1 aliphatic heterocycles. The molecule has 1 heterocycles. The van der Waals surface area contributed by atoms with Gasteiger partial charge in [-0.15, -0.1) is 6.58 Å². The molecule has 0 aromatic rings. The van der Waals surface area contributed by atoms with E-state index in [1.807, 2.05) is 0 Å². The number of hydrogen-bond acceptors (Lipinski definition) is 8. The van der Waals surface area contributed by atoms with E-state index in [1.165, 1.54) is 20.3 Å². The molecule has 0 radical (unpaired) electrons. The van der Waals surface area contributed by atoms with Gasteiger partial charge in [-0.25, -0.2) is 9.65 Å². The smallest absolute Gasteiger partial charge is 0.394 e. The lowest BCUT2D eigenvalue weighted by Gasteiger charge is -2.42. The maximum atomic E-state index is 12.1. The molecule has 0 bridgehead atoms. The first-order valence-corrected chi connectivity index (χ1v) is 7.81. The fourth-order valence-corrected chi connectivity index (χ4v) is 2.89. The fourth-order valence-electron chi connectivity index (χ4n) is 1.89. The predicted molar refractivity (Wildman–Crippen MR) is 72.5 cm³/mol. The predicted octanol–water partition coefficient (Wildman–Crippen LogP) is -1.01. The summed E-state index contributed by atoms with van der Waals surface area (Å²) in [4.78, 5) is 0. The second-order valence-corrected chi connectivity index (χ2v) is 6.33. The molecule has 5 atom stereocenters. The highest BCUT2D eigenvalue weighted by molar-refractivity contribution is 7.51. The lowest BCUT2D eigenvalue weighted by molar-refractivity contribution is -0.265. The van der Waals surface area contributed by atoms with Crippen LogP contribution in [0.2, 0.25) is 0 Å². The van der Waals surface area contributed by atoms with Crippen LogP contribution in [0.15, 0.2) is 12.7 Å². The highest BCUT2D eigenvalue weighted by Crippen LogP contribution is 2.43. The number of aliphatic hydroxyl groups is 3. The average Bonchev–Trinajstić information content (AvgIpc) is 2.51. The molecule has 0 amide bonds. The van der Waals surface area contributed by atoms with Crippen molar-refractivity contribution in [2.75, 3.05) is 27.4 Å². The van der Waals surface area contributed by atoms with Crippen molar-refractivity contribution in [3.8, 4) is 0 Å². The molecule has 1 fully saturated rings. The highest BCUT2D eigenvalue weighted by Gasteiger charge is 2.47. The Morgan fingerprint density at radius 1 is 1.33 bits per heavy atom. The van der Waals surface area contributed by atoms with E-state index in [9.17, 15) is 14.8 Å². The van der Waals surface area contributed by atoms with Crippen molar-refractivity contribution >= 4 is 7.75 Å². The number of hydrogen-bond donors (Lipinski definition) is 4.